The van der Waals surface area contributed by atoms with Crippen LogP contribution >= 0.6 is 0 Å². The van der Waals surface area contributed by atoms with E-state index in [2.05, 4.69) is 9.97 Å². The third-order valence-corrected chi connectivity index (χ3v) is 2.04. The maximum Gasteiger partial charge on any atom is 0.222 e. The molecular weight excluding hydrogens is 196 g/mol. The fourth-order valence-electron chi connectivity index (χ4n) is 1.25. The molecule has 6 heteroatoms. The zero-order chi connectivity index (χ0) is 11.3. The van der Waals surface area contributed by atoms with Crippen molar-refractivity contribution in [2.75, 3.05) is 33.0 Å². The van der Waals surface area contributed by atoms with E-state index in [1.54, 1.807) is 0 Å². The molecule has 0 aliphatic rings. The first-order valence-corrected chi connectivity index (χ1v) is 4.61. The van der Waals surface area contributed by atoms with Crippen LogP contribution in [0.1, 0.15) is 5.56 Å². The van der Waals surface area contributed by atoms with Gasteiger partial charge in [0.15, 0.2) is 0 Å². The molecule has 0 unspecified atom stereocenters. The Morgan fingerprint density at radius 1 is 1.53 bits per heavy atom. The van der Waals surface area contributed by atoms with Gasteiger partial charge in [-0.25, -0.2) is 9.97 Å². The number of aromatic nitrogens is 2. The Bertz CT molecular complexity index is 319. The number of likely N-dealkylation sites (N-methyl/N-ethyl adjacent to an activating group) is 1. The maximum atomic E-state index is 8.78. The van der Waals surface area contributed by atoms with E-state index in [4.69, 9.17) is 15.6 Å². The Labute approximate surface area is 88.7 Å². The summed E-state index contributed by atoms with van der Waals surface area (Å²) >= 11 is 0. The number of nitrogens with zero attached hydrogens (tertiary/aromatic N) is 3. The molecule has 0 fully saturated rings. The molecule has 0 spiro atoms. The van der Waals surface area contributed by atoms with E-state index in [9.17, 15) is 0 Å². The van der Waals surface area contributed by atoms with Gasteiger partial charge in [-0.15, -0.1) is 0 Å². The number of methoxy groups -OCH3 is 1. The van der Waals surface area contributed by atoms with Crippen LogP contribution in [0.15, 0.2) is 6.33 Å². The first-order chi connectivity index (χ1) is 7.19. The van der Waals surface area contributed by atoms with Crippen molar-refractivity contribution in [3.8, 4) is 5.88 Å². The maximum absolute atomic E-state index is 8.78. The smallest absolute Gasteiger partial charge is 0.222 e. The number of aliphatic hydroxyl groups is 1. The average molecular weight is 212 g/mol. The number of aliphatic hydroxyl groups excluding tert-OH is 1. The van der Waals surface area contributed by atoms with Crippen molar-refractivity contribution >= 4 is 5.82 Å². The Balaban J connectivity index is 2.82. The van der Waals surface area contributed by atoms with Gasteiger partial charge in [-0.05, 0) is 7.05 Å². The van der Waals surface area contributed by atoms with Crippen molar-refractivity contribution in [3.05, 3.63) is 11.9 Å². The number of nitrogens with two attached hydrogens (primary N) is 1. The van der Waals surface area contributed by atoms with Gasteiger partial charge in [-0.2, -0.15) is 0 Å². The van der Waals surface area contributed by atoms with Gasteiger partial charge in [0.2, 0.25) is 5.88 Å². The summed E-state index contributed by atoms with van der Waals surface area (Å²) in [4.78, 5) is 9.78. The van der Waals surface area contributed by atoms with E-state index >= 15 is 0 Å². The number of nitrogen functional groups attached to an aromatic ring is 1. The number of rotatable bonds is 5. The second kappa shape index (κ2) is 5.47. The van der Waals surface area contributed by atoms with Gasteiger partial charge in [0.05, 0.1) is 19.3 Å². The van der Waals surface area contributed by atoms with E-state index in [1.807, 2.05) is 11.9 Å². The third kappa shape index (κ3) is 3.03. The quantitative estimate of drug-likeness (QED) is 0.684. The lowest BCUT2D eigenvalue weighted by molar-refractivity contribution is 0.215. The number of hydrogen-bond acceptors (Lipinski definition) is 6. The Morgan fingerprint density at radius 2 is 2.27 bits per heavy atom. The van der Waals surface area contributed by atoms with Crippen LogP contribution in [-0.4, -0.2) is 47.3 Å². The van der Waals surface area contributed by atoms with E-state index in [-0.39, 0.29) is 6.61 Å². The van der Waals surface area contributed by atoms with Gasteiger partial charge < -0.3 is 15.6 Å². The van der Waals surface area contributed by atoms with Crippen LogP contribution in [0.4, 0.5) is 5.82 Å². The van der Waals surface area contributed by atoms with Crippen LogP contribution in [0.5, 0.6) is 5.88 Å². The van der Waals surface area contributed by atoms with Gasteiger partial charge in [0.25, 0.3) is 0 Å². The molecule has 0 atom stereocenters. The molecule has 0 saturated carbocycles. The van der Waals surface area contributed by atoms with Crippen LogP contribution in [0.3, 0.4) is 0 Å². The first kappa shape index (κ1) is 11.7. The molecule has 0 aliphatic heterocycles. The summed E-state index contributed by atoms with van der Waals surface area (Å²) in [6.45, 7) is 1.22. The summed E-state index contributed by atoms with van der Waals surface area (Å²) in [5.41, 5.74) is 6.47. The Kier molecular flexibility index (Phi) is 4.26. The third-order valence-electron chi connectivity index (χ3n) is 2.04. The van der Waals surface area contributed by atoms with Crippen molar-refractivity contribution < 1.29 is 9.84 Å². The molecule has 0 aliphatic carbocycles. The summed E-state index contributed by atoms with van der Waals surface area (Å²) in [6.07, 6.45) is 1.36. The molecule has 0 aromatic carbocycles. The van der Waals surface area contributed by atoms with Crippen LogP contribution in [-0.2, 0) is 6.54 Å². The zero-order valence-electron chi connectivity index (χ0n) is 8.97. The Morgan fingerprint density at radius 3 is 2.87 bits per heavy atom. The fraction of sp³-hybridized carbons (Fsp3) is 0.556. The molecule has 3 N–H and O–H groups in total. The van der Waals surface area contributed by atoms with Crippen molar-refractivity contribution in [1.82, 2.24) is 14.9 Å². The predicted molar refractivity (Wildman–Crippen MR) is 56.4 cm³/mol. The molecule has 0 radical (unpaired) electrons. The second-order valence-electron chi connectivity index (χ2n) is 3.21. The summed E-state index contributed by atoms with van der Waals surface area (Å²) in [5.74, 6) is 0.888. The summed E-state index contributed by atoms with van der Waals surface area (Å²) in [5, 5.41) is 8.78. The molecule has 1 heterocycles. The van der Waals surface area contributed by atoms with Crippen molar-refractivity contribution in [1.29, 1.82) is 0 Å². The van der Waals surface area contributed by atoms with Crippen molar-refractivity contribution in [2.24, 2.45) is 0 Å². The molecule has 1 rings (SSSR count). The monoisotopic (exact) mass is 212 g/mol. The van der Waals surface area contributed by atoms with E-state index < -0.39 is 0 Å². The van der Waals surface area contributed by atoms with E-state index in [1.165, 1.54) is 13.4 Å². The minimum absolute atomic E-state index is 0.104. The molecular formula is C9H16N4O2. The predicted octanol–water partition coefficient (Wildman–Crippen LogP) is -0.508. The minimum Gasteiger partial charge on any atom is -0.481 e. The van der Waals surface area contributed by atoms with Crippen LogP contribution in [0.25, 0.3) is 0 Å². The van der Waals surface area contributed by atoms with E-state index in [0.717, 1.165) is 5.56 Å². The number of ether oxygens (including phenoxy) is 1. The van der Waals surface area contributed by atoms with Crippen LogP contribution in [0, 0.1) is 0 Å². The molecule has 0 bridgehead atoms. The molecule has 0 amide bonds. The highest BCUT2D eigenvalue weighted by molar-refractivity contribution is 5.44. The molecule has 1 aromatic rings. The lowest BCUT2D eigenvalue weighted by atomic mass is 10.2. The number of anilines is 1. The average Bonchev–Trinajstić information content (AvgIpc) is 2.21. The summed E-state index contributed by atoms with van der Waals surface area (Å²) < 4.78 is 5.08. The molecule has 6 nitrogen and oxygen atoms in total. The van der Waals surface area contributed by atoms with Gasteiger partial charge in [-0.1, -0.05) is 0 Å². The minimum atomic E-state index is 0.104. The second-order valence-corrected chi connectivity index (χ2v) is 3.21. The standard InChI is InChI=1S/C9H16N4O2/c1-13(3-4-14)5-7-8(10)11-6-12-9(7)15-2/h6,14H,3-5H2,1-2H3,(H2,10,11,12). The summed E-state index contributed by atoms with van der Waals surface area (Å²) in [6, 6.07) is 0. The Hall–Kier alpha value is -1.40. The van der Waals surface area contributed by atoms with Gasteiger partial charge in [0, 0.05) is 13.1 Å². The van der Waals surface area contributed by atoms with Crippen molar-refractivity contribution in [2.45, 2.75) is 6.54 Å². The molecule has 1 aromatic heterocycles. The highest BCUT2D eigenvalue weighted by atomic mass is 16.5. The molecule has 15 heavy (non-hydrogen) atoms. The highest BCUT2D eigenvalue weighted by Gasteiger charge is 2.11. The molecule has 84 valence electrons. The van der Waals surface area contributed by atoms with Crippen LogP contribution in [0.2, 0.25) is 0 Å². The largest absolute Gasteiger partial charge is 0.481 e. The van der Waals surface area contributed by atoms with Gasteiger partial charge in [0.1, 0.15) is 12.1 Å². The fourth-order valence-corrected chi connectivity index (χ4v) is 1.25. The zero-order valence-corrected chi connectivity index (χ0v) is 8.97. The number of hydrogen-bond donors (Lipinski definition) is 2. The summed E-state index contributed by atoms with van der Waals surface area (Å²) in [7, 11) is 3.42. The highest BCUT2D eigenvalue weighted by Crippen LogP contribution is 2.20. The lowest BCUT2D eigenvalue weighted by Crippen LogP contribution is -2.23. The first-order valence-electron chi connectivity index (χ1n) is 4.61. The SMILES string of the molecule is COc1ncnc(N)c1CN(C)CCO. The van der Waals surface area contributed by atoms with Gasteiger partial charge in [-0.3, -0.25) is 4.90 Å². The van der Waals surface area contributed by atoms with Crippen LogP contribution < -0.4 is 10.5 Å². The topological polar surface area (TPSA) is 84.5 Å². The lowest BCUT2D eigenvalue weighted by Gasteiger charge is -2.17. The van der Waals surface area contributed by atoms with E-state index in [0.29, 0.717) is 24.8 Å². The van der Waals surface area contributed by atoms with Crippen molar-refractivity contribution in [3.63, 3.8) is 0 Å². The normalized spacial score (nSPS) is 10.7. The molecule has 0 saturated heterocycles. The van der Waals surface area contributed by atoms with Gasteiger partial charge >= 0.3 is 0 Å².